The maximum absolute atomic E-state index is 12.5. The third kappa shape index (κ3) is 4.04. The number of para-hydroxylation sites is 1. The van der Waals surface area contributed by atoms with Gasteiger partial charge in [0.1, 0.15) is 0 Å². The summed E-state index contributed by atoms with van der Waals surface area (Å²) < 4.78 is 0. The van der Waals surface area contributed by atoms with Crippen molar-refractivity contribution in [3.63, 3.8) is 0 Å². The van der Waals surface area contributed by atoms with E-state index >= 15 is 0 Å². The fraction of sp³-hybridized carbons (Fsp3) is 0.333. The number of oxime groups is 1. The lowest BCUT2D eigenvalue weighted by molar-refractivity contribution is 0.0672. The molecule has 0 spiro atoms. The predicted octanol–water partition coefficient (Wildman–Crippen LogP) is 4.27. The zero-order valence-electron chi connectivity index (χ0n) is 15.7. The summed E-state index contributed by atoms with van der Waals surface area (Å²) in [6.07, 6.45) is 0.574. The van der Waals surface area contributed by atoms with Gasteiger partial charge < -0.3 is 15.1 Å². The number of carbonyl (C=O) groups excluding carboxylic acids is 1. The van der Waals surface area contributed by atoms with Gasteiger partial charge >= 0.3 is 6.03 Å². The van der Waals surface area contributed by atoms with Crippen LogP contribution in [0.3, 0.4) is 0 Å². The summed E-state index contributed by atoms with van der Waals surface area (Å²) in [6, 6.07) is 14.1. The molecule has 1 aliphatic heterocycles. The summed E-state index contributed by atoms with van der Waals surface area (Å²) >= 11 is 0. The molecule has 26 heavy (non-hydrogen) atoms. The van der Waals surface area contributed by atoms with Gasteiger partial charge in [0, 0.05) is 19.2 Å². The molecule has 1 unspecified atom stereocenters. The smallest absolute Gasteiger partial charge is 0.321 e. The van der Waals surface area contributed by atoms with Crippen LogP contribution in [0.2, 0.25) is 0 Å². The summed E-state index contributed by atoms with van der Waals surface area (Å²) in [5, 5.41) is 7.20. The van der Waals surface area contributed by atoms with Crippen LogP contribution in [0.5, 0.6) is 0 Å². The van der Waals surface area contributed by atoms with Crippen molar-refractivity contribution >= 4 is 17.4 Å². The standard InChI is InChI=1S/C21H25N3O2/c1-14-8-10-17(11-9-14)19-12-18(26-23-19)13-24(4)21(25)22-20-15(2)6-5-7-16(20)3/h5-11,18H,12-13H2,1-4H3,(H,22,25). The maximum atomic E-state index is 12.5. The Labute approximate surface area is 154 Å². The lowest BCUT2D eigenvalue weighted by atomic mass is 10.0. The molecular weight excluding hydrogens is 326 g/mol. The number of hydrogen-bond acceptors (Lipinski definition) is 3. The third-order valence-electron chi connectivity index (χ3n) is 4.66. The highest BCUT2D eigenvalue weighted by Gasteiger charge is 2.25. The number of carbonyl (C=O) groups is 1. The molecule has 0 fully saturated rings. The molecule has 0 aliphatic carbocycles. The van der Waals surface area contributed by atoms with E-state index in [1.807, 2.05) is 32.0 Å². The van der Waals surface area contributed by atoms with Gasteiger partial charge in [0.15, 0.2) is 6.10 Å². The molecule has 0 saturated carbocycles. The summed E-state index contributed by atoms with van der Waals surface area (Å²) in [5.74, 6) is 0. The van der Waals surface area contributed by atoms with Crippen LogP contribution in [0.1, 0.15) is 28.7 Å². The normalized spacial score (nSPS) is 16.0. The van der Waals surface area contributed by atoms with Gasteiger partial charge in [0.05, 0.1) is 12.3 Å². The van der Waals surface area contributed by atoms with Crippen LogP contribution in [-0.2, 0) is 4.84 Å². The van der Waals surface area contributed by atoms with Crippen LogP contribution >= 0.6 is 0 Å². The highest BCUT2D eigenvalue weighted by Crippen LogP contribution is 2.21. The van der Waals surface area contributed by atoms with E-state index in [0.717, 1.165) is 28.1 Å². The molecule has 2 aromatic carbocycles. The van der Waals surface area contributed by atoms with Crippen molar-refractivity contribution in [2.24, 2.45) is 5.16 Å². The Hall–Kier alpha value is -2.82. The van der Waals surface area contributed by atoms with Gasteiger partial charge in [-0.05, 0) is 37.5 Å². The number of urea groups is 1. The Bertz CT molecular complexity index is 807. The minimum atomic E-state index is -0.144. The van der Waals surface area contributed by atoms with Crippen molar-refractivity contribution in [3.05, 3.63) is 64.7 Å². The van der Waals surface area contributed by atoms with E-state index in [4.69, 9.17) is 4.84 Å². The monoisotopic (exact) mass is 351 g/mol. The molecule has 0 aromatic heterocycles. The molecule has 5 nitrogen and oxygen atoms in total. The zero-order valence-corrected chi connectivity index (χ0v) is 15.7. The number of hydrogen-bond donors (Lipinski definition) is 1. The first-order valence-corrected chi connectivity index (χ1v) is 8.82. The maximum Gasteiger partial charge on any atom is 0.321 e. The van der Waals surface area contributed by atoms with Crippen LogP contribution in [0.25, 0.3) is 0 Å². The highest BCUT2D eigenvalue weighted by molar-refractivity contribution is 6.01. The Morgan fingerprint density at radius 1 is 1.15 bits per heavy atom. The van der Waals surface area contributed by atoms with E-state index in [2.05, 4.69) is 41.7 Å². The molecule has 1 atom stereocenters. The average molecular weight is 351 g/mol. The zero-order chi connectivity index (χ0) is 18.7. The Kier molecular flexibility index (Phi) is 5.26. The van der Waals surface area contributed by atoms with E-state index in [9.17, 15) is 4.79 Å². The van der Waals surface area contributed by atoms with E-state index in [1.165, 1.54) is 5.56 Å². The van der Waals surface area contributed by atoms with E-state index in [-0.39, 0.29) is 12.1 Å². The number of nitrogens with zero attached hydrogens (tertiary/aromatic N) is 2. The Balaban J connectivity index is 1.56. The van der Waals surface area contributed by atoms with Gasteiger partial charge in [-0.2, -0.15) is 0 Å². The molecule has 0 saturated heterocycles. The molecule has 0 bridgehead atoms. The van der Waals surface area contributed by atoms with Crippen molar-refractivity contribution < 1.29 is 9.63 Å². The molecule has 5 heteroatoms. The second-order valence-corrected chi connectivity index (χ2v) is 6.91. The third-order valence-corrected chi connectivity index (χ3v) is 4.66. The van der Waals surface area contributed by atoms with Crippen LogP contribution in [0, 0.1) is 20.8 Å². The second kappa shape index (κ2) is 7.60. The number of anilines is 1. The molecular formula is C21H25N3O2. The summed E-state index contributed by atoms with van der Waals surface area (Å²) in [6.45, 7) is 6.52. The Morgan fingerprint density at radius 2 is 1.81 bits per heavy atom. The largest absolute Gasteiger partial charge is 0.390 e. The van der Waals surface area contributed by atoms with Crippen molar-refractivity contribution in [3.8, 4) is 0 Å². The number of rotatable bonds is 4. The minimum Gasteiger partial charge on any atom is -0.390 e. The van der Waals surface area contributed by atoms with Crippen LogP contribution in [0.15, 0.2) is 47.6 Å². The fourth-order valence-electron chi connectivity index (χ4n) is 3.05. The van der Waals surface area contributed by atoms with Gasteiger partial charge in [-0.15, -0.1) is 0 Å². The van der Waals surface area contributed by atoms with Crippen molar-refractivity contribution in [2.75, 3.05) is 18.9 Å². The van der Waals surface area contributed by atoms with Crippen molar-refractivity contribution in [1.82, 2.24) is 4.90 Å². The summed E-state index contributed by atoms with van der Waals surface area (Å²) in [5.41, 5.74) is 6.18. The molecule has 3 rings (SSSR count). The molecule has 2 aromatic rings. The lowest BCUT2D eigenvalue weighted by Gasteiger charge is -2.21. The molecule has 2 amide bonds. The first kappa shape index (κ1) is 18.0. The van der Waals surface area contributed by atoms with E-state index in [0.29, 0.717) is 13.0 Å². The van der Waals surface area contributed by atoms with Gasteiger partial charge in [-0.3, -0.25) is 0 Å². The number of nitrogens with one attached hydrogen (secondary N) is 1. The van der Waals surface area contributed by atoms with Crippen molar-refractivity contribution in [2.45, 2.75) is 33.3 Å². The molecule has 136 valence electrons. The first-order valence-electron chi connectivity index (χ1n) is 8.82. The molecule has 1 heterocycles. The van der Waals surface area contributed by atoms with Crippen molar-refractivity contribution in [1.29, 1.82) is 0 Å². The van der Waals surface area contributed by atoms with E-state index in [1.54, 1.807) is 11.9 Å². The summed E-state index contributed by atoms with van der Waals surface area (Å²) in [7, 11) is 1.77. The molecule has 1 aliphatic rings. The average Bonchev–Trinajstić information content (AvgIpc) is 3.07. The molecule has 1 N–H and O–H groups in total. The lowest BCUT2D eigenvalue weighted by Crippen LogP contribution is -2.37. The van der Waals surface area contributed by atoms with Crippen LogP contribution in [-0.4, -0.2) is 36.3 Å². The first-order chi connectivity index (χ1) is 12.4. The number of likely N-dealkylation sites (N-methyl/N-ethyl adjacent to an activating group) is 1. The topological polar surface area (TPSA) is 53.9 Å². The minimum absolute atomic E-state index is 0.125. The second-order valence-electron chi connectivity index (χ2n) is 6.91. The highest BCUT2D eigenvalue weighted by atomic mass is 16.6. The number of aryl methyl sites for hydroxylation is 3. The van der Waals surface area contributed by atoms with E-state index < -0.39 is 0 Å². The predicted molar refractivity (Wildman–Crippen MR) is 105 cm³/mol. The van der Waals surface area contributed by atoms with Gasteiger partial charge in [-0.1, -0.05) is 53.2 Å². The Morgan fingerprint density at radius 3 is 2.46 bits per heavy atom. The summed E-state index contributed by atoms with van der Waals surface area (Å²) in [4.78, 5) is 19.7. The molecule has 0 radical (unpaired) electrons. The number of amides is 2. The van der Waals surface area contributed by atoms with Crippen LogP contribution < -0.4 is 5.32 Å². The van der Waals surface area contributed by atoms with Gasteiger partial charge in [0.2, 0.25) is 0 Å². The van der Waals surface area contributed by atoms with Crippen LogP contribution in [0.4, 0.5) is 10.5 Å². The van der Waals surface area contributed by atoms with Gasteiger partial charge in [-0.25, -0.2) is 4.79 Å². The SMILES string of the molecule is Cc1ccc(C2=NOC(CN(C)C(=O)Nc3c(C)cccc3C)C2)cc1. The quantitative estimate of drug-likeness (QED) is 0.894. The number of benzene rings is 2. The van der Waals surface area contributed by atoms with Gasteiger partial charge in [0.25, 0.3) is 0 Å². The fourth-order valence-corrected chi connectivity index (χ4v) is 3.05.